The Hall–Kier alpha value is -2.63. The molecule has 130 valence electrons. The fourth-order valence-corrected chi connectivity index (χ4v) is 3.43. The lowest BCUT2D eigenvalue weighted by Crippen LogP contribution is -2.42. The maximum absolute atomic E-state index is 13.1. The molecule has 6 nitrogen and oxygen atoms in total. The van der Waals surface area contributed by atoms with Crippen LogP contribution in [0.3, 0.4) is 0 Å². The Bertz CT molecular complexity index is 787. The summed E-state index contributed by atoms with van der Waals surface area (Å²) in [4.78, 5) is 26.2. The molecule has 1 aromatic heterocycles. The quantitative estimate of drug-likeness (QED) is 0.927. The van der Waals surface area contributed by atoms with E-state index in [4.69, 9.17) is 10.8 Å². The maximum atomic E-state index is 13.1. The third-order valence-electron chi connectivity index (χ3n) is 5.13. The number of rotatable bonds is 4. The summed E-state index contributed by atoms with van der Waals surface area (Å²) < 4.78 is 1.76. The van der Waals surface area contributed by atoms with Gasteiger partial charge in [0.25, 0.3) is 5.91 Å². The van der Waals surface area contributed by atoms with E-state index in [1.807, 2.05) is 41.3 Å². The third-order valence-corrected chi connectivity index (χ3v) is 5.13. The smallest absolute Gasteiger partial charge is 0.272 e. The van der Waals surface area contributed by atoms with Crippen LogP contribution in [-0.4, -0.2) is 39.6 Å². The van der Waals surface area contributed by atoms with Gasteiger partial charge in [0.2, 0.25) is 5.91 Å². The van der Waals surface area contributed by atoms with Crippen molar-refractivity contribution in [2.24, 2.45) is 11.7 Å². The summed E-state index contributed by atoms with van der Waals surface area (Å²) in [6.45, 7) is 1.12. The van der Waals surface area contributed by atoms with Gasteiger partial charge in [-0.2, -0.15) is 5.10 Å². The first-order valence-corrected chi connectivity index (χ1v) is 8.87. The Balaban J connectivity index is 1.61. The van der Waals surface area contributed by atoms with Crippen LogP contribution < -0.4 is 5.73 Å². The van der Waals surface area contributed by atoms with Crippen LogP contribution in [0.1, 0.15) is 47.8 Å². The number of amides is 2. The molecule has 1 aliphatic heterocycles. The first kappa shape index (κ1) is 15.9. The van der Waals surface area contributed by atoms with Crippen molar-refractivity contribution in [2.75, 3.05) is 13.1 Å². The predicted molar refractivity (Wildman–Crippen MR) is 93.4 cm³/mol. The van der Waals surface area contributed by atoms with Crippen LogP contribution in [0.15, 0.2) is 36.4 Å². The molecule has 2 aromatic rings. The second-order valence-electron chi connectivity index (χ2n) is 6.94. The zero-order chi connectivity index (χ0) is 17.4. The van der Waals surface area contributed by atoms with Gasteiger partial charge < -0.3 is 10.6 Å². The minimum absolute atomic E-state index is 0.0221. The lowest BCUT2D eigenvalue weighted by atomic mass is 9.96. The van der Waals surface area contributed by atoms with Crippen molar-refractivity contribution in [1.82, 2.24) is 14.7 Å². The van der Waals surface area contributed by atoms with Gasteiger partial charge >= 0.3 is 0 Å². The van der Waals surface area contributed by atoms with Gasteiger partial charge in [0.05, 0.1) is 11.4 Å². The Kier molecular flexibility index (Phi) is 4.03. The fraction of sp³-hybridized carbons (Fsp3) is 0.421. The van der Waals surface area contributed by atoms with E-state index < -0.39 is 0 Å². The number of aromatic nitrogens is 2. The van der Waals surface area contributed by atoms with Gasteiger partial charge in [-0.1, -0.05) is 18.2 Å². The molecule has 2 fully saturated rings. The van der Waals surface area contributed by atoms with E-state index in [0.29, 0.717) is 37.5 Å². The highest BCUT2D eigenvalue weighted by Crippen LogP contribution is 2.40. The molecule has 2 heterocycles. The van der Waals surface area contributed by atoms with E-state index in [-0.39, 0.29) is 17.7 Å². The number of carbonyl (C=O) groups excluding carboxylic acids is 2. The van der Waals surface area contributed by atoms with Gasteiger partial charge in [0, 0.05) is 24.9 Å². The first-order chi connectivity index (χ1) is 12.1. The number of likely N-dealkylation sites (tertiary alicyclic amines) is 1. The molecule has 0 unspecified atom stereocenters. The molecule has 25 heavy (non-hydrogen) atoms. The average molecular weight is 338 g/mol. The van der Waals surface area contributed by atoms with Gasteiger partial charge in [0.15, 0.2) is 0 Å². The maximum Gasteiger partial charge on any atom is 0.272 e. The Morgan fingerprint density at radius 1 is 1.04 bits per heavy atom. The van der Waals surface area contributed by atoms with Crippen LogP contribution in [-0.2, 0) is 4.79 Å². The Morgan fingerprint density at radius 2 is 1.72 bits per heavy atom. The molecule has 2 aliphatic rings. The second-order valence-corrected chi connectivity index (χ2v) is 6.94. The molecular formula is C19H22N4O2. The number of carbonyl (C=O) groups is 2. The van der Waals surface area contributed by atoms with E-state index in [9.17, 15) is 9.59 Å². The number of piperidine rings is 1. The SMILES string of the molecule is NC(=O)C1CCN(C(=O)c2cc(C3CC3)nn2-c2ccccc2)CC1. The Labute approximate surface area is 146 Å². The van der Waals surface area contributed by atoms with E-state index >= 15 is 0 Å². The summed E-state index contributed by atoms with van der Waals surface area (Å²) in [5.74, 6) is 0.0749. The lowest BCUT2D eigenvalue weighted by Gasteiger charge is -2.30. The summed E-state index contributed by atoms with van der Waals surface area (Å²) in [5, 5.41) is 4.70. The molecule has 6 heteroatoms. The zero-order valence-corrected chi connectivity index (χ0v) is 14.1. The van der Waals surface area contributed by atoms with Crippen LogP contribution >= 0.6 is 0 Å². The normalized spacial score (nSPS) is 18.3. The summed E-state index contributed by atoms with van der Waals surface area (Å²) in [7, 11) is 0. The second kappa shape index (κ2) is 6.35. The van der Waals surface area contributed by atoms with Crippen molar-refractivity contribution in [1.29, 1.82) is 0 Å². The van der Waals surface area contributed by atoms with Gasteiger partial charge in [0.1, 0.15) is 5.69 Å². The van der Waals surface area contributed by atoms with Crippen molar-refractivity contribution < 1.29 is 9.59 Å². The van der Waals surface area contributed by atoms with Crippen molar-refractivity contribution in [3.8, 4) is 5.69 Å². The molecule has 0 bridgehead atoms. The summed E-state index contributed by atoms with van der Waals surface area (Å²) in [6, 6.07) is 11.7. The largest absolute Gasteiger partial charge is 0.369 e. The minimum atomic E-state index is -0.266. The molecule has 1 saturated heterocycles. The molecule has 2 N–H and O–H groups in total. The number of hydrogen-bond donors (Lipinski definition) is 1. The standard InChI is InChI=1S/C19H22N4O2/c20-18(24)14-8-10-22(11-9-14)19(25)17-12-16(13-6-7-13)21-23(17)15-4-2-1-3-5-15/h1-5,12-14H,6-11H2,(H2,20,24). The molecule has 1 aromatic carbocycles. The molecule has 0 spiro atoms. The van der Waals surface area contributed by atoms with Crippen molar-refractivity contribution in [3.05, 3.63) is 47.8 Å². The minimum Gasteiger partial charge on any atom is -0.369 e. The van der Waals surface area contributed by atoms with E-state index in [2.05, 4.69) is 0 Å². The number of benzene rings is 1. The van der Waals surface area contributed by atoms with E-state index in [0.717, 1.165) is 24.2 Å². The Morgan fingerprint density at radius 3 is 2.32 bits per heavy atom. The predicted octanol–water partition coefficient (Wildman–Crippen LogP) is 2.09. The number of primary amides is 1. The highest BCUT2D eigenvalue weighted by atomic mass is 16.2. The zero-order valence-electron chi connectivity index (χ0n) is 14.1. The van der Waals surface area contributed by atoms with Gasteiger partial charge in [-0.15, -0.1) is 0 Å². The molecule has 1 saturated carbocycles. The van der Waals surface area contributed by atoms with Gasteiger partial charge in [-0.3, -0.25) is 9.59 Å². The molecule has 2 amide bonds. The molecule has 1 aliphatic carbocycles. The van der Waals surface area contributed by atoms with Crippen LogP contribution in [0.25, 0.3) is 5.69 Å². The van der Waals surface area contributed by atoms with Crippen molar-refractivity contribution in [3.63, 3.8) is 0 Å². The van der Waals surface area contributed by atoms with E-state index in [1.54, 1.807) is 4.68 Å². The van der Waals surface area contributed by atoms with Gasteiger partial charge in [-0.05, 0) is 43.9 Å². The van der Waals surface area contributed by atoms with Crippen LogP contribution in [0, 0.1) is 5.92 Å². The van der Waals surface area contributed by atoms with Crippen molar-refractivity contribution >= 4 is 11.8 Å². The molecule has 0 atom stereocenters. The number of para-hydroxylation sites is 1. The molecule has 0 radical (unpaired) electrons. The fourth-order valence-electron chi connectivity index (χ4n) is 3.43. The first-order valence-electron chi connectivity index (χ1n) is 8.87. The highest BCUT2D eigenvalue weighted by molar-refractivity contribution is 5.93. The van der Waals surface area contributed by atoms with Crippen LogP contribution in [0.2, 0.25) is 0 Å². The summed E-state index contributed by atoms with van der Waals surface area (Å²) >= 11 is 0. The van der Waals surface area contributed by atoms with Gasteiger partial charge in [-0.25, -0.2) is 4.68 Å². The monoisotopic (exact) mass is 338 g/mol. The van der Waals surface area contributed by atoms with Crippen molar-refractivity contribution in [2.45, 2.75) is 31.6 Å². The third kappa shape index (κ3) is 3.16. The molecule has 4 rings (SSSR count). The highest BCUT2D eigenvalue weighted by Gasteiger charge is 2.32. The topological polar surface area (TPSA) is 81.2 Å². The lowest BCUT2D eigenvalue weighted by molar-refractivity contribution is -0.123. The average Bonchev–Trinajstić information content (AvgIpc) is 3.40. The molecular weight excluding hydrogens is 316 g/mol. The van der Waals surface area contributed by atoms with Crippen LogP contribution in [0.5, 0.6) is 0 Å². The number of nitrogens with zero attached hydrogens (tertiary/aromatic N) is 3. The number of hydrogen-bond acceptors (Lipinski definition) is 3. The van der Waals surface area contributed by atoms with Crippen LogP contribution in [0.4, 0.5) is 0 Å². The van der Waals surface area contributed by atoms with E-state index in [1.165, 1.54) is 0 Å². The summed E-state index contributed by atoms with van der Waals surface area (Å²) in [6.07, 6.45) is 3.55. The number of nitrogens with two attached hydrogens (primary N) is 1. The summed E-state index contributed by atoms with van der Waals surface area (Å²) in [5.41, 5.74) is 7.88.